The highest BCUT2D eigenvalue weighted by Crippen LogP contribution is 2.21. The van der Waals surface area contributed by atoms with Crippen LogP contribution in [-0.4, -0.2) is 17.4 Å². The fraction of sp³-hybridized carbons (Fsp3) is 0.250. The summed E-state index contributed by atoms with van der Waals surface area (Å²) in [5, 5.41) is 12.8. The third-order valence-electron chi connectivity index (χ3n) is 2.31. The van der Waals surface area contributed by atoms with Crippen molar-refractivity contribution in [1.29, 1.82) is 0 Å². The Labute approximate surface area is 108 Å². The molecule has 1 rings (SSSR count). The van der Waals surface area contributed by atoms with Crippen LogP contribution in [0.15, 0.2) is 24.3 Å². The van der Waals surface area contributed by atoms with Crippen LogP contribution in [0.25, 0.3) is 0 Å². The van der Waals surface area contributed by atoms with Crippen LogP contribution in [0.2, 0.25) is 0 Å². The van der Waals surface area contributed by atoms with Crippen LogP contribution >= 0.6 is 0 Å². The summed E-state index contributed by atoms with van der Waals surface area (Å²) < 4.78 is 26.8. The smallest absolute Gasteiger partial charge is 0.307 e. The van der Waals surface area contributed by atoms with Crippen molar-refractivity contribution in [2.24, 2.45) is 0 Å². The number of amides is 1. The van der Waals surface area contributed by atoms with E-state index < -0.39 is 33.7 Å². The highest BCUT2D eigenvalue weighted by Gasteiger charge is 2.21. The maximum absolute atomic E-state index is 13.5. The van der Waals surface area contributed by atoms with E-state index in [4.69, 9.17) is 0 Å². The first-order valence-electron chi connectivity index (χ1n) is 5.50. The SMILES string of the molecule is C/C=C/CCNC(=O)c1cc(F)c([N+](=O)[O-])cc1F. The van der Waals surface area contributed by atoms with Gasteiger partial charge < -0.3 is 5.32 Å². The predicted molar refractivity (Wildman–Crippen MR) is 64.8 cm³/mol. The summed E-state index contributed by atoms with van der Waals surface area (Å²) in [6.07, 6.45) is 4.14. The number of nitrogens with one attached hydrogen (secondary N) is 1. The van der Waals surface area contributed by atoms with E-state index in [-0.39, 0.29) is 6.54 Å². The van der Waals surface area contributed by atoms with Crippen molar-refractivity contribution in [2.75, 3.05) is 6.54 Å². The Morgan fingerprint density at radius 3 is 2.68 bits per heavy atom. The number of nitro groups is 1. The van der Waals surface area contributed by atoms with Gasteiger partial charge in [0.15, 0.2) is 0 Å². The van der Waals surface area contributed by atoms with Crippen LogP contribution in [0.4, 0.5) is 14.5 Å². The minimum atomic E-state index is -1.25. The number of carbonyl (C=O) groups excluding carboxylic acids is 1. The lowest BCUT2D eigenvalue weighted by Gasteiger charge is -2.05. The van der Waals surface area contributed by atoms with Gasteiger partial charge in [-0.3, -0.25) is 14.9 Å². The van der Waals surface area contributed by atoms with Gasteiger partial charge in [0.05, 0.1) is 16.6 Å². The number of nitrogens with zero attached hydrogens (tertiary/aromatic N) is 1. The van der Waals surface area contributed by atoms with Gasteiger partial charge in [-0.15, -0.1) is 0 Å². The topological polar surface area (TPSA) is 72.2 Å². The van der Waals surface area contributed by atoms with Crippen molar-refractivity contribution in [3.05, 3.63) is 51.6 Å². The molecule has 0 heterocycles. The number of hydrogen-bond donors (Lipinski definition) is 1. The van der Waals surface area contributed by atoms with Gasteiger partial charge >= 0.3 is 5.69 Å². The van der Waals surface area contributed by atoms with Crippen molar-refractivity contribution < 1.29 is 18.5 Å². The van der Waals surface area contributed by atoms with E-state index in [9.17, 15) is 23.7 Å². The van der Waals surface area contributed by atoms with Crippen molar-refractivity contribution in [2.45, 2.75) is 13.3 Å². The zero-order valence-electron chi connectivity index (χ0n) is 10.2. The normalized spacial score (nSPS) is 10.7. The first-order chi connectivity index (χ1) is 8.97. The number of nitro benzene ring substituents is 1. The highest BCUT2D eigenvalue weighted by molar-refractivity contribution is 5.94. The molecule has 0 aliphatic carbocycles. The fourth-order valence-electron chi connectivity index (χ4n) is 1.38. The minimum absolute atomic E-state index is 0.265. The van der Waals surface area contributed by atoms with Gasteiger partial charge in [0.1, 0.15) is 5.82 Å². The Morgan fingerprint density at radius 1 is 1.42 bits per heavy atom. The third-order valence-corrected chi connectivity index (χ3v) is 2.31. The van der Waals surface area contributed by atoms with Crippen LogP contribution in [0, 0.1) is 21.7 Å². The molecule has 1 aromatic carbocycles. The molecule has 19 heavy (non-hydrogen) atoms. The Morgan fingerprint density at radius 2 is 2.11 bits per heavy atom. The number of hydrogen-bond acceptors (Lipinski definition) is 3. The summed E-state index contributed by atoms with van der Waals surface area (Å²) in [6.45, 7) is 2.08. The second kappa shape index (κ2) is 6.58. The average molecular weight is 270 g/mol. The first-order valence-corrected chi connectivity index (χ1v) is 5.50. The summed E-state index contributed by atoms with van der Waals surface area (Å²) in [5.41, 5.74) is -1.55. The van der Waals surface area contributed by atoms with Gasteiger partial charge in [-0.25, -0.2) is 4.39 Å². The zero-order valence-corrected chi connectivity index (χ0v) is 10.2. The molecule has 1 aromatic rings. The maximum Gasteiger partial charge on any atom is 0.307 e. The Bertz CT molecular complexity index is 530. The molecule has 0 bridgehead atoms. The van der Waals surface area contributed by atoms with E-state index in [0.29, 0.717) is 18.6 Å². The van der Waals surface area contributed by atoms with Gasteiger partial charge in [0, 0.05) is 6.54 Å². The molecule has 1 N–H and O–H groups in total. The minimum Gasteiger partial charge on any atom is -0.352 e. The van der Waals surface area contributed by atoms with Crippen molar-refractivity contribution in [1.82, 2.24) is 5.32 Å². The molecule has 0 radical (unpaired) electrons. The number of halogens is 2. The molecule has 1 amide bonds. The second-order valence-corrected chi connectivity index (χ2v) is 3.65. The Hall–Kier alpha value is -2.31. The molecular weight excluding hydrogens is 258 g/mol. The summed E-state index contributed by atoms with van der Waals surface area (Å²) in [7, 11) is 0. The lowest BCUT2D eigenvalue weighted by atomic mass is 10.1. The van der Waals surface area contributed by atoms with Gasteiger partial charge in [0.2, 0.25) is 5.82 Å². The van der Waals surface area contributed by atoms with E-state index in [1.165, 1.54) is 0 Å². The van der Waals surface area contributed by atoms with Gasteiger partial charge in [-0.05, 0) is 19.4 Å². The first kappa shape index (κ1) is 14.7. The largest absolute Gasteiger partial charge is 0.352 e. The molecule has 0 spiro atoms. The van der Waals surface area contributed by atoms with Gasteiger partial charge in [-0.2, -0.15) is 4.39 Å². The van der Waals surface area contributed by atoms with E-state index in [1.807, 2.05) is 6.92 Å². The zero-order chi connectivity index (χ0) is 14.4. The summed E-state index contributed by atoms with van der Waals surface area (Å²) >= 11 is 0. The molecule has 0 unspecified atom stereocenters. The molecule has 0 fully saturated rings. The number of carbonyl (C=O) groups is 1. The molecule has 0 aliphatic heterocycles. The van der Waals surface area contributed by atoms with E-state index in [1.54, 1.807) is 12.2 Å². The van der Waals surface area contributed by atoms with Crippen LogP contribution < -0.4 is 5.32 Å². The molecule has 0 aromatic heterocycles. The van der Waals surface area contributed by atoms with E-state index in [2.05, 4.69) is 5.32 Å². The molecule has 102 valence electrons. The summed E-state index contributed by atoms with van der Waals surface area (Å²) in [4.78, 5) is 20.9. The van der Waals surface area contributed by atoms with Crippen molar-refractivity contribution in [3.63, 3.8) is 0 Å². The summed E-state index contributed by atoms with van der Waals surface area (Å²) in [6, 6.07) is 0.925. The number of rotatable bonds is 5. The molecule has 0 aliphatic rings. The number of allylic oxidation sites excluding steroid dienone is 1. The quantitative estimate of drug-likeness (QED) is 0.387. The van der Waals surface area contributed by atoms with Gasteiger partial charge in [0.25, 0.3) is 5.91 Å². The second-order valence-electron chi connectivity index (χ2n) is 3.65. The predicted octanol–water partition coefficient (Wildman–Crippen LogP) is 2.57. The Kier molecular flexibility index (Phi) is 5.11. The standard InChI is InChI=1S/C12H12F2N2O3/c1-2-3-4-5-15-12(17)8-6-10(14)11(16(18)19)7-9(8)13/h2-3,6-7H,4-5H2,1H3,(H,15,17)/b3-2+. The Balaban J connectivity index is 2.86. The molecule has 7 heteroatoms. The number of benzene rings is 1. The molecule has 0 saturated heterocycles. The molecular formula is C12H12F2N2O3. The molecule has 5 nitrogen and oxygen atoms in total. The lowest BCUT2D eigenvalue weighted by molar-refractivity contribution is -0.387. The highest BCUT2D eigenvalue weighted by atomic mass is 19.1. The third kappa shape index (κ3) is 3.84. The van der Waals surface area contributed by atoms with E-state index in [0.717, 1.165) is 0 Å². The summed E-state index contributed by atoms with van der Waals surface area (Å²) in [5.74, 6) is -3.18. The van der Waals surface area contributed by atoms with Crippen molar-refractivity contribution in [3.8, 4) is 0 Å². The molecule has 0 saturated carbocycles. The monoisotopic (exact) mass is 270 g/mol. The van der Waals surface area contributed by atoms with Crippen LogP contribution in [0.3, 0.4) is 0 Å². The van der Waals surface area contributed by atoms with Crippen LogP contribution in [0.1, 0.15) is 23.7 Å². The lowest BCUT2D eigenvalue weighted by Crippen LogP contribution is -2.25. The maximum atomic E-state index is 13.5. The van der Waals surface area contributed by atoms with Gasteiger partial charge in [-0.1, -0.05) is 12.2 Å². The fourth-order valence-corrected chi connectivity index (χ4v) is 1.38. The van der Waals surface area contributed by atoms with Crippen molar-refractivity contribution >= 4 is 11.6 Å². The molecule has 0 atom stereocenters. The van der Waals surface area contributed by atoms with Crippen LogP contribution in [-0.2, 0) is 0 Å². The van der Waals surface area contributed by atoms with Crippen LogP contribution in [0.5, 0.6) is 0 Å². The van der Waals surface area contributed by atoms with E-state index >= 15 is 0 Å². The average Bonchev–Trinajstić information content (AvgIpc) is 2.36.